The molecule has 186 valence electrons. The molecule has 2 amide bonds. The van der Waals surface area contributed by atoms with E-state index in [4.69, 9.17) is 32.7 Å². The highest BCUT2D eigenvalue weighted by atomic mass is 35.5. The monoisotopic (exact) mass is 510 g/mol. The molecule has 0 spiro atoms. The number of benzene rings is 2. The lowest BCUT2D eigenvalue weighted by Crippen LogP contribution is -2.39. The number of carboxylic acids is 1. The standard InChI is InChI=1S/C25H32Cl2N2O5/c1-4-33-23(24(30)31)15-18-5-8-20(9-6-18)34-14-13-29(12-11-17(2)3)25(32)28-22-10-7-19(26)16-21(22)27/h5-10,16-17,23H,4,11-15H2,1-3H3,(H,28,32)(H,30,31). The van der Waals surface area contributed by atoms with Gasteiger partial charge in [-0.3, -0.25) is 0 Å². The third kappa shape index (κ3) is 9.41. The topological polar surface area (TPSA) is 88.1 Å². The Bertz CT molecular complexity index is 937. The van der Waals surface area contributed by atoms with E-state index in [1.807, 2.05) is 12.1 Å². The second-order valence-corrected chi connectivity index (χ2v) is 9.05. The molecule has 2 aromatic carbocycles. The Morgan fingerprint density at radius 3 is 2.38 bits per heavy atom. The molecule has 0 radical (unpaired) electrons. The van der Waals surface area contributed by atoms with E-state index in [1.165, 1.54) is 0 Å². The first-order chi connectivity index (χ1) is 16.2. The van der Waals surface area contributed by atoms with E-state index in [-0.39, 0.29) is 12.5 Å². The quantitative estimate of drug-likeness (QED) is 0.345. The highest BCUT2D eigenvalue weighted by molar-refractivity contribution is 6.36. The number of nitrogens with one attached hydrogen (secondary N) is 1. The summed E-state index contributed by atoms with van der Waals surface area (Å²) in [6.07, 6.45) is 0.250. The first-order valence-corrected chi connectivity index (χ1v) is 12.0. The lowest BCUT2D eigenvalue weighted by Gasteiger charge is -2.24. The number of urea groups is 1. The maximum atomic E-state index is 12.9. The van der Waals surface area contributed by atoms with Crippen LogP contribution in [-0.2, 0) is 16.0 Å². The fraction of sp³-hybridized carbons (Fsp3) is 0.440. The SMILES string of the molecule is CCOC(Cc1ccc(OCCN(CCC(C)C)C(=O)Nc2ccc(Cl)cc2Cl)cc1)C(=O)O. The first-order valence-electron chi connectivity index (χ1n) is 11.3. The van der Waals surface area contributed by atoms with E-state index in [0.29, 0.717) is 53.7 Å². The molecule has 0 aliphatic carbocycles. The minimum Gasteiger partial charge on any atom is -0.492 e. The van der Waals surface area contributed by atoms with Crippen LogP contribution >= 0.6 is 23.2 Å². The van der Waals surface area contributed by atoms with Gasteiger partial charge in [-0.15, -0.1) is 0 Å². The Hall–Kier alpha value is -2.48. The predicted octanol–water partition coefficient (Wildman–Crippen LogP) is 5.98. The van der Waals surface area contributed by atoms with Gasteiger partial charge in [0, 0.05) is 24.6 Å². The zero-order valence-electron chi connectivity index (χ0n) is 19.7. The number of carbonyl (C=O) groups is 2. The summed E-state index contributed by atoms with van der Waals surface area (Å²) >= 11 is 12.1. The molecule has 1 unspecified atom stereocenters. The number of hydrogen-bond donors (Lipinski definition) is 2. The van der Waals surface area contributed by atoms with Crippen LogP contribution < -0.4 is 10.1 Å². The predicted molar refractivity (Wildman–Crippen MR) is 135 cm³/mol. The number of anilines is 1. The molecule has 7 nitrogen and oxygen atoms in total. The largest absolute Gasteiger partial charge is 0.492 e. The normalized spacial score (nSPS) is 11.8. The number of rotatable bonds is 13. The van der Waals surface area contributed by atoms with Gasteiger partial charge in [-0.25, -0.2) is 9.59 Å². The third-order valence-electron chi connectivity index (χ3n) is 5.05. The zero-order chi connectivity index (χ0) is 25.1. The van der Waals surface area contributed by atoms with Crippen molar-refractivity contribution >= 4 is 40.9 Å². The van der Waals surface area contributed by atoms with Crippen LogP contribution in [0.2, 0.25) is 10.0 Å². The molecule has 1 atom stereocenters. The summed E-state index contributed by atoms with van der Waals surface area (Å²) in [5, 5.41) is 12.9. The summed E-state index contributed by atoms with van der Waals surface area (Å²) < 4.78 is 11.1. The molecular formula is C25H32Cl2N2O5. The number of ether oxygens (including phenoxy) is 2. The van der Waals surface area contributed by atoms with E-state index in [2.05, 4.69) is 19.2 Å². The van der Waals surface area contributed by atoms with Crippen molar-refractivity contribution in [3.63, 3.8) is 0 Å². The molecular weight excluding hydrogens is 479 g/mol. The Balaban J connectivity index is 1.94. The molecule has 0 aromatic heterocycles. The second-order valence-electron chi connectivity index (χ2n) is 8.20. The Kier molecular flexibility index (Phi) is 11.5. The van der Waals surface area contributed by atoms with Crippen LogP contribution in [0.25, 0.3) is 0 Å². The van der Waals surface area contributed by atoms with Crippen molar-refractivity contribution in [1.82, 2.24) is 4.90 Å². The van der Waals surface area contributed by atoms with Gasteiger partial charge in [0.1, 0.15) is 12.4 Å². The van der Waals surface area contributed by atoms with E-state index in [9.17, 15) is 14.7 Å². The maximum absolute atomic E-state index is 12.9. The first kappa shape index (κ1) is 27.8. The van der Waals surface area contributed by atoms with Crippen LogP contribution in [0, 0.1) is 5.92 Å². The van der Waals surface area contributed by atoms with E-state index < -0.39 is 12.1 Å². The molecule has 0 saturated heterocycles. The average molecular weight is 511 g/mol. The van der Waals surface area contributed by atoms with Gasteiger partial charge in [0.25, 0.3) is 0 Å². The van der Waals surface area contributed by atoms with Gasteiger partial charge in [-0.05, 0) is 55.2 Å². The molecule has 0 fully saturated rings. The van der Waals surface area contributed by atoms with Gasteiger partial charge in [0.2, 0.25) is 0 Å². The molecule has 34 heavy (non-hydrogen) atoms. The lowest BCUT2D eigenvalue weighted by atomic mass is 10.1. The fourth-order valence-electron chi connectivity index (χ4n) is 3.14. The smallest absolute Gasteiger partial charge is 0.333 e. The highest BCUT2D eigenvalue weighted by Crippen LogP contribution is 2.25. The van der Waals surface area contributed by atoms with Gasteiger partial charge >= 0.3 is 12.0 Å². The number of hydrogen-bond acceptors (Lipinski definition) is 4. The molecule has 2 aromatic rings. The van der Waals surface area contributed by atoms with Gasteiger partial charge < -0.3 is 24.8 Å². The van der Waals surface area contributed by atoms with Gasteiger partial charge in [0.05, 0.1) is 17.3 Å². The van der Waals surface area contributed by atoms with E-state index in [1.54, 1.807) is 42.2 Å². The van der Waals surface area contributed by atoms with E-state index in [0.717, 1.165) is 12.0 Å². The summed E-state index contributed by atoms with van der Waals surface area (Å²) in [7, 11) is 0. The molecule has 0 saturated carbocycles. The van der Waals surface area contributed by atoms with Crippen molar-refractivity contribution < 1.29 is 24.2 Å². The van der Waals surface area contributed by atoms with Crippen LogP contribution in [0.1, 0.15) is 32.8 Å². The fourth-order valence-corrected chi connectivity index (χ4v) is 3.60. The number of carbonyl (C=O) groups excluding carboxylic acids is 1. The van der Waals surface area contributed by atoms with Crippen LogP contribution in [0.5, 0.6) is 5.75 Å². The summed E-state index contributed by atoms with van der Waals surface area (Å²) in [5.74, 6) is 0.0908. The van der Waals surface area contributed by atoms with Crippen molar-refractivity contribution in [3.8, 4) is 5.75 Å². The van der Waals surface area contributed by atoms with Crippen molar-refractivity contribution in [3.05, 3.63) is 58.1 Å². The second kappa shape index (κ2) is 14.0. The summed E-state index contributed by atoms with van der Waals surface area (Å²) in [6, 6.07) is 11.9. The van der Waals surface area contributed by atoms with E-state index >= 15 is 0 Å². The minimum absolute atomic E-state index is 0.264. The van der Waals surface area contributed by atoms with Crippen LogP contribution in [-0.4, -0.2) is 54.4 Å². The van der Waals surface area contributed by atoms with Gasteiger partial charge in [0.15, 0.2) is 6.10 Å². The number of carboxylic acid groups (broad SMARTS) is 1. The molecule has 9 heteroatoms. The molecule has 2 N–H and O–H groups in total. The van der Waals surface area contributed by atoms with Crippen LogP contribution in [0.3, 0.4) is 0 Å². The third-order valence-corrected chi connectivity index (χ3v) is 5.60. The molecule has 0 heterocycles. The van der Waals surface area contributed by atoms with Crippen LogP contribution in [0.15, 0.2) is 42.5 Å². The van der Waals surface area contributed by atoms with Crippen molar-refractivity contribution in [2.75, 3.05) is 31.6 Å². The molecule has 0 bridgehead atoms. The number of amides is 2. The maximum Gasteiger partial charge on any atom is 0.333 e. The Labute approximate surface area is 210 Å². The minimum atomic E-state index is -0.984. The molecule has 0 aliphatic heterocycles. The lowest BCUT2D eigenvalue weighted by molar-refractivity contribution is -0.149. The molecule has 2 rings (SSSR count). The zero-order valence-corrected chi connectivity index (χ0v) is 21.2. The highest BCUT2D eigenvalue weighted by Gasteiger charge is 2.18. The Morgan fingerprint density at radius 2 is 1.79 bits per heavy atom. The van der Waals surface area contributed by atoms with Crippen molar-refractivity contribution in [1.29, 1.82) is 0 Å². The van der Waals surface area contributed by atoms with Crippen molar-refractivity contribution in [2.24, 2.45) is 5.92 Å². The molecule has 0 aliphatic rings. The Morgan fingerprint density at radius 1 is 1.09 bits per heavy atom. The van der Waals surface area contributed by atoms with Crippen molar-refractivity contribution in [2.45, 2.75) is 39.7 Å². The number of halogens is 2. The van der Waals surface area contributed by atoms with Crippen LogP contribution in [0.4, 0.5) is 10.5 Å². The van der Waals surface area contributed by atoms with Gasteiger partial charge in [-0.2, -0.15) is 0 Å². The number of aliphatic carboxylic acids is 1. The summed E-state index contributed by atoms with van der Waals surface area (Å²) in [5.41, 5.74) is 1.33. The average Bonchev–Trinajstić information content (AvgIpc) is 2.78. The number of nitrogens with zero attached hydrogens (tertiary/aromatic N) is 1. The summed E-state index contributed by atoms with van der Waals surface area (Å²) in [4.78, 5) is 25.8. The summed E-state index contributed by atoms with van der Waals surface area (Å²) in [6.45, 7) is 7.57. The van der Waals surface area contributed by atoms with Gasteiger partial charge in [-0.1, -0.05) is 49.2 Å².